The zero-order chi connectivity index (χ0) is 6.53. The lowest BCUT2D eigenvalue weighted by molar-refractivity contribution is 0.432. The SMILES string of the molecule is IOCCc1cc[nH]c1. The molecule has 0 radical (unpaired) electrons. The molecule has 0 fully saturated rings. The van der Waals surface area contributed by atoms with Crippen LogP contribution in [0.15, 0.2) is 18.5 Å². The molecule has 0 aromatic carbocycles. The van der Waals surface area contributed by atoms with E-state index in [4.69, 9.17) is 3.07 Å². The van der Waals surface area contributed by atoms with Crippen molar-refractivity contribution >= 4 is 23.0 Å². The maximum atomic E-state index is 4.87. The van der Waals surface area contributed by atoms with Crippen LogP contribution >= 0.6 is 23.0 Å². The van der Waals surface area contributed by atoms with Gasteiger partial charge in [0.25, 0.3) is 0 Å². The van der Waals surface area contributed by atoms with Crippen LogP contribution in [0.2, 0.25) is 0 Å². The minimum absolute atomic E-state index is 0.790. The minimum atomic E-state index is 0.790. The highest BCUT2D eigenvalue weighted by Gasteiger charge is 1.89. The molecular weight excluding hydrogens is 229 g/mol. The Morgan fingerprint density at radius 3 is 3.11 bits per heavy atom. The summed E-state index contributed by atoms with van der Waals surface area (Å²) in [5.41, 5.74) is 1.30. The predicted molar refractivity (Wildman–Crippen MR) is 44.5 cm³/mol. The van der Waals surface area contributed by atoms with Gasteiger partial charge in [0.2, 0.25) is 0 Å². The summed E-state index contributed by atoms with van der Waals surface area (Å²) < 4.78 is 4.87. The molecule has 0 bridgehead atoms. The molecule has 1 aromatic rings. The highest BCUT2D eigenvalue weighted by atomic mass is 127. The van der Waals surface area contributed by atoms with Gasteiger partial charge in [-0.15, -0.1) is 0 Å². The summed E-state index contributed by atoms with van der Waals surface area (Å²) in [5, 5.41) is 0. The second-order valence-electron chi connectivity index (χ2n) is 1.78. The van der Waals surface area contributed by atoms with Crippen molar-refractivity contribution in [1.82, 2.24) is 4.98 Å². The van der Waals surface area contributed by atoms with Gasteiger partial charge in [-0.25, -0.2) is 0 Å². The molecule has 1 N–H and O–H groups in total. The Balaban J connectivity index is 2.30. The van der Waals surface area contributed by atoms with E-state index in [-0.39, 0.29) is 0 Å². The molecule has 0 saturated carbocycles. The van der Waals surface area contributed by atoms with Crippen LogP contribution in [0.4, 0.5) is 0 Å². The van der Waals surface area contributed by atoms with Crippen molar-refractivity contribution in [3.05, 3.63) is 24.0 Å². The molecule has 2 nitrogen and oxygen atoms in total. The highest BCUT2D eigenvalue weighted by molar-refractivity contribution is 14.1. The third-order valence-corrected chi connectivity index (χ3v) is 1.57. The lowest BCUT2D eigenvalue weighted by Gasteiger charge is -1.90. The predicted octanol–water partition coefficient (Wildman–Crippen LogP) is 1.92. The minimum Gasteiger partial charge on any atom is -0.367 e. The van der Waals surface area contributed by atoms with Crippen molar-refractivity contribution in [2.45, 2.75) is 6.42 Å². The summed E-state index contributed by atoms with van der Waals surface area (Å²) in [6, 6.07) is 2.05. The molecule has 1 heterocycles. The number of H-pyrrole nitrogens is 1. The van der Waals surface area contributed by atoms with E-state index >= 15 is 0 Å². The average Bonchev–Trinajstić information content (AvgIpc) is 2.34. The van der Waals surface area contributed by atoms with E-state index in [1.807, 2.05) is 35.4 Å². The molecule has 1 aromatic heterocycles. The van der Waals surface area contributed by atoms with Gasteiger partial charge < -0.3 is 8.05 Å². The van der Waals surface area contributed by atoms with Crippen LogP contribution < -0.4 is 0 Å². The van der Waals surface area contributed by atoms with Crippen molar-refractivity contribution in [2.75, 3.05) is 6.61 Å². The second kappa shape index (κ2) is 3.90. The molecule has 0 aliphatic carbocycles. The number of rotatable bonds is 3. The molecule has 0 amide bonds. The Labute approximate surface area is 68.3 Å². The highest BCUT2D eigenvalue weighted by Crippen LogP contribution is 1.98. The summed E-state index contributed by atoms with van der Waals surface area (Å²) in [6.07, 6.45) is 4.89. The Hall–Kier alpha value is -0.0300. The lowest BCUT2D eigenvalue weighted by atomic mass is 10.3. The summed E-state index contributed by atoms with van der Waals surface area (Å²) in [4.78, 5) is 2.98. The normalized spacial score (nSPS) is 9.89. The van der Waals surface area contributed by atoms with E-state index in [0.717, 1.165) is 13.0 Å². The van der Waals surface area contributed by atoms with E-state index in [1.54, 1.807) is 0 Å². The van der Waals surface area contributed by atoms with Gasteiger partial charge in [0.05, 0.1) is 6.61 Å². The number of aromatic nitrogens is 1. The third kappa shape index (κ3) is 2.36. The molecule has 0 aliphatic rings. The third-order valence-electron chi connectivity index (χ3n) is 1.13. The van der Waals surface area contributed by atoms with Gasteiger partial charge in [0, 0.05) is 12.4 Å². The fourth-order valence-electron chi connectivity index (χ4n) is 0.670. The molecule has 0 spiro atoms. The van der Waals surface area contributed by atoms with Gasteiger partial charge in [-0.3, -0.25) is 0 Å². The molecule has 3 heteroatoms. The molecule has 0 saturated heterocycles. The summed E-state index contributed by atoms with van der Waals surface area (Å²) >= 11 is 1.90. The van der Waals surface area contributed by atoms with Crippen LogP contribution in [0.1, 0.15) is 5.56 Å². The fourth-order valence-corrected chi connectivity index (χ4v) is 0.891. The van der Waals surface area contributed by atoms with Gasteiger partial charge >= 0.3 is 0 Å². The van der Waals surface area contributed by atoms with Crippen molar-refractivity contribution < 1.29 is 3.07 Å². The zero-order valence-electron chi connectivity index (χ0n) is 4.93. The van der Waals surface area contributed by atoms with Crippen LogP contribution in [0.3, 0.4) is 0 Å². The Morgan fingerprint density at radius 1 is 1.67 bits per heavy atom. The first kappa shape index (κ1) is 7.08. The van der Waals surface area contributed by atoms with Crippen LogP contribution in [-0.4, -0.2) is 11.6 Å². The molecule has 9 heavy (non-hydrogen) atoms. The van der Waals surface area contributed by atoms with Crippen LogP contribution in [0.5, 0.6) is 0 Å². The monoisotopic (exact) mass is 237 g/mol. The van der Waals surface area contributed by atoms with Gasteiger partial charge in [-0.1, -0.05) is 0 Å². The van der Waals surface area contributed by atoms with Crippen molar-refractivity contribution in [1.29, 1.82) is 0 Å². The summed E-state index contributed by atoms with van der Waals surface area (Å²) in [5.74, 6) is 0. The van der Waals surface area contributed by atoms with E-state index in [2.05, 4.69) is 11.1 Å². The van der Waals surface area contributed by atoms with Crippen molar-refractivity contribution in [3.8, 4) is 0 Å². The first-order chi connectivity index (χ1) is 4.43. The first-order valence-electron chi connectivity index (χ1n) is 2.78. The summed E-state index contributed by atoms with van der Waals surface area (Å²) in [6.45, 7) is 0.790. The molecule has 50 valence electrons. The number of hydrogen-bond donors (Lipinski definition) is 1. The largest absolute Gasteiger partial charge is 0.367 e. The molecule has 0 atom stereocenters. The smallest absolute Gasteiger partial charge is 0.109 e. The molecule has 0 unspecified atom stereocenters. The molecule has 1 rings (SSSR count). The maximum absolute atomic E-state index is 4.87. The standard InChI is InChI=1S/C6H8INO/c7-9-4-2-6-1-3-8-5-6/h1,3,5,8H,2,4H2. The van der Waals surface area contributed by atoms with Gasteiger partial charge in [0.15, 0.2) is 0 Å². The number of aromatic amines is 1. The van der Waals surface area contributed by atoms with Crippen LogP contribution in [-0.2, 0) is 9.49 Å². The number of halogens is 1. The van der Waals surface area contributed by atoms with Gasteiger partial charge in [-0.05, 0) is 18.1 Å². The quantitative estimate of drug-likeness (QED) is 0.798. The summed E-state index contributed by atoms with van der Waals surface area (Å²) in [7, 11) is 0. The first-order valence-corrected chi connectivity index (χ1v) is 3.67. The van der Waals surface area contributed by atoms with E-state index in [1.165, 1.54) is 5.56 Å². The topological polar surface area (TPSA) is 25.0 Å². The maximum Gasteiger partial charge on any atom is 0.109 e. The van der Waals surface area contributed by atoms with Crippen molar-refractivity contribution in [2.24, 2.45) is 0 Å². The zero-order valence-corrected chi connectivity index (χ0v) is 7.09. The van der Waals surface area contributed by atoms with Crippen molar-refractivity contribution in [3.63, 3.8) is 0 Å². The Morgan fingerprint density at radius 2 is 2.56 bits per heavy atom. The van der Waals surface area contributed by atoms with Gasteiger partial charge in [-0.2, -0.15) is 0 Å². The fraction of sp³-hybridized carbons (Fsp3) is 0.333. The van der Waals surface area contributed by atoms with Gasteiger partial charge in [0.1, 0.15) is 23.0 Å². The van der Waals surface area contributed by atoms with Crippen LogP contribution in [0, 0.1) is 0 Å². The average molecular weight is 237 g/mol. The number of hydrogen-bond acceptors (Lipinski definition) is 1. The van der Waals surface area contributed by atoms with E-state index in [0.29, 0.717) is 0 Å². The lowest BCUT2D eigenvalue weighted by Crippen LogP contribution is -1.87. The van der Waals surface area contributed by atoms with E-state index in [9.17, 15) is 0 Å². The molecule has 0 aliphatic heterocycles. The number of nitrogens with one attached hydrogen (secondary N) is 1. The van der Waals surface area contributed by atoms with Crippen LogP contribution in [0.25, 0.3) is 0 Å². The Bertz CT molecular complexity index is 150. The second-order valence-corrected chi connectivity index (χ2v) is 2.41. The van der Waals surface area contributed by atoms with E-state index < -0.39 is 0 Å². The molecular formula is C6H8INO. The Kier molecular flexibility index (Phi) is 3.06.